The van der Waals surface area contributed by atoms with E-state index in [1.54, 1.807) is 0 Å². The van der Waals surface area contributed by atoms with Crippen molar-refractivity contribution < 1.29 is 0 Å². The van der Waals surface area contributed by atoms with Gasteiger partial charge in [-0.15, -0.1) is 0 Å². The number of hydrogen-bond acceptors (Lipinski definition) is 2. The van der Waals surface area contributed by atoms with Crippen LogP contribution in [0.2, 0.25) is 0 Å². The fourth-order valence-corrected chi connectivity index (χ4v) is 3.26. The van der Waals surface area contributed by atoms with Gasteiger partial charge in [0.2, 0.25) is 0 Å². The smallest absolute Gasteiger partial charge is 0.0489 e. The zero-order chi connectivity index (χ0) is 12.8. The maximum Gasteiger partial charge on any atom is 0.0489 e. The molecule has 1 N–H and O–H groups in total. The van der Waals surface area contributed by atoms with E-state index in [2.05, 4.69) is 72.2 Å². The van der Waals surface area contributed by atoms with Crippen LogP contribution in [0.15, 0.2) is 60.7 Å². The van der Waals surface area contributed by atoms with Crippen LogP contribution in [-0.2, 0) is 0 Å². The highest BCUT2D eigenvalue weighted by atomic mass is 32.2. The van der Waals surface area contributed by atoms with Crippen LogP contribution in [0, 0.1) is 0 Å². The lowest BCUT2D eigenvalue weighted by Gasteiger charge is -2.26. The summed E-state index contributed by atoms with van der Waals surface area (Å²) in [5.41, 5.74) is 2.71. The van der Waals surface area contributed by atoms with Crippen molar-refractivity contribution in [2.24, 2.45) is 0 Å². The van der Waals surface area contributed by atoms with Crippen molar-refractivity contribution in [1.82, 2.24) is 5.32 Å². The van der Waals surface area contributed by atoms with Crippen molar-refractivity contribution in [3.63, 3.8) is 0 Å². The summed E-state index contributed by atoms with van der Waals surface area (Å²) in [7, 11) is 2.03. The van der Waals surface area contributed by atoms with Gasteiger partial charge in [0, 0.05) is 11.3 Å². The van der Waals surface area contributed by atoms with Gasteiger partial charge in [0.25, 0.3) is 0 Å². The first-order valence-electron chi connectivity index (χ1n) is 6.16. The highest BCUT2D eigenvalue weighted by molar-refractivity contribution is 7.98. The average molecular weight is 257 g/mol. The monoisotopic (exact) mass is 257 g/mol. The second-order valence-electron chi connectivity index (χ2n) is 4.24. The van der Waals surface area contributed by atoms with Crippen molar-refractivity contribution >= 4 is 11.8 Å². The third-order valence-electron chi connectivity index (χ3n) is 3.15. The largest absolute Gasteiger partial charge is 0.312 e. The van der Waals surface area contributed by atoms with Gasteiger partial charge in [-0.05, 0) is 24.4 Å². The minimum absolute atomic E-state index is 0.337. The molecule has 2 unspecified atom stereocenters. The van der Waals surface area contributed by atoms with Crippen LogP contribution in [-0.4, -0.2) is 13.3 Å². The Morgan fingerprint density at radius 1 is 0.833 bits per heavy atom. The van der Waals surface area contributed by atoms with E-state index in [9.17, 15) is 0 Å². The van der Waals surface area contributed by atoms with Gasteiger partial charge in [0.15, 0.2) is 0 Å². The van der Waals surface area contributed by atoms with Crippen LogP contribution < -0.4 is 5.32 Å². The summed E-state index contributed by atoms with van der Waals surface area (Å²) >= 11 is 1.89. The van der Waals surface area contributed by atoms with Crippen LogP contribution in [0.3, 0.4) is 0 Å². The van der Waals surface area contributed by atoms with Crippen molar-refractivity contribution in [3.8, 4) is 0 Å². The zero-order valence-electron chi connectivity index (χ0n) is 10.8. The molecule has 0 radical (unpaired) electrons. The number of rotatable bonds is 5. The first-order valence-corrected chi connectivity index (χ1v) is 7.45. The number of nitrogens with one attached hydrogen (secondary N) is 1. The lowest BCUT2D eigenvalue weighted by atomic mass is 9.98. The summed E-state index contributed by atoms with van der Waals surface area (Å²) in [5.74, 6) is 0. The molecular weight excluding hydrogens is 238 g/mol. The Hall–Kier alpha value is -1.25. The Kier molecular flexibility index (Phi) is 4.85. The maximum absolute atomic E-state index is 3.45. The van der Waals surface area contributed by atoms with E-state index >= 15 is 0 Å². The number of thioether (sulfide) groups is 1. The molecule has 94 valence electrons. The Balaban J connectivity index is 2.31. The van der Waals surface area contributed by atoms with E-state index in [-0.39, 0.29) is 0 Å². The Morgan fingerprint density at radius 3 is 1.78 bits per heavy atom. The quantitative estimate of drug-likeness (QED) is 0.867. The zero-order valence-corrected chi connectivity index (χ0v) is 11.7. The molecular formula is C16H19NS. The average Bonchev–Trinajstić information content (AvgIpc) is 2.46. The van der Waals surface area contributed by atoms with Gasteiger partial charge in [-0.2, -0.15) is 11.8 Å². The molecule has 2 aromatic carbocycles. The molecule has 0 saturated carbocycles. The third kappa shape index (κ3) is 2.95. The molecule has 0 spiro atoms. The van der Waals surface area contributed by atoms with Gasteiger partial charge in [-0.1, -0.05) is 60.7 Å². The SMILES string of the molecule is CNC(c1ccccc1)C(SC)c1ccccc1. The van der Waals surface area contributed by atoms with Crippen molar-refractivity contribution in [2.75, 3.05) is 13.3 Å². The summed E-state index contributed by atoms with van der Waals surface area (Å²) in [6.07, 6.45) is 2.17. The summed E-state index contributed by atoms with van der Waals surface area (Å²) in [5, 5.41) is 3.88. The molecule has 1 nitrogen and oxygen atoms in total. The van der Waals surface area contributed by atoms with E-state index in [1.165, 1.54) is 11.1 Å². The topological polar surface area (TPSA) is 12.0 Å². The Bertz CT molecular complexity index is 410. The molecule has 0 saturated heterocycles. The van der Waals surface area contributed by atoms with Crippen LogP contribution in [0.25, 0.3) is 0 Å². The Morgan fingerprint density at radius 2 is 1.33 bits per heavy atom. The molecule has 0 aliphatic carbocycles. The third-order valence-corrected chi connectivity index (χ3v) is 4.21. The Labute approximate surface area is 114 Å². The van der Waals surface area contributed by atoms with Crippen LogP contribution in [0.4, 0.5) is 0 Å². The van der Waals surface area contributed by atoms with Crippen molar-refractivity contribution in [3.05, 3.63) is 71.8 Å². The predicted molar refractivity (Wildman–Crippen MR) is 80.9 cm³/mol. The predicted octanol–water partition coefficient (Wildman–Crippen LogP) is 4.05. The molecule has 0 bridgehead atoms. The summed E-state index contributed by atoms with van der Waals surface area (Å²) < 4.78 is 0. The summed E-state index contributed by atoms with van der Waals surface area (Å²) in [6.45, 7) is 0. The minimum atomic E-state index is 0.337. The van der Waals surface area contributed by atoms with Crippen molar-refractivity contribution in [2.45, 2.75) is 11.3 Å². The van der Waals surface area contributed by atoms with Gasteiger partial charge in [0.05, 0.1) is 0 Å². The van der Waals surface area contributed by atoms with Crippen molar-refractivity contribution in [1.29, 1.82) is 0 Å². The van der Waals surface area contributed by atoms with Gasteiger partial charge in [-0.25, -0.2) is 0 Å². The highest BCUT2D eigenvalue weighted by Gasteiger charge is 2.22. The molecule has 0 fully saturated rings. The second kappa shape index (κ2) is 6.62. The number of benzene rings is 2. The normalized spacial score (nSPS) is 14.1. The molecule has 0 aromatic heterocycles. The first kappa shape index (κ1) is 13.2. The molecule has 18 heavy (non-hydrogen) atoms. The molecule has 2 rings (SSSR count). The number of likely N-dealkylation sites (N-methyl/N-ethyl adjacent to an activating group) is 1. The first-order chi connectivity index (χ1) is 8.86. The van der Waals surface area contributed by atoms with Gasteiger partial charge >= 0.3 is 0 Å². The molecule has 2 atom stereocenters. The van der Waals surface area contributed by atoms with E-state index in [0.29, 0.717) is 11.3 Å². The van der Waals surface area contributed by atoms with Gasteiger partial charge < -0.3 is 5.32 Å². The molecule has 0 aliphatic rings. The fourth-order valence-electron chi connectivity index (χ4n) is 2.26. The van der Waals surface area contributed by atoms with Crippen LogP contribution in [0.1, 0.15) is 22.4 Å². The number of hydrogen-bond donors (Lipinski definition) is 1. The van der Waals surface area contributed by atoms with Gasteiger partial charge in [-0.3, -0.25) is 0 Å². The van der Waals surface area contributed by atoms with E-state index in [4.69, 9.17) is 0 Å². The van der Waals surface area contributed by atoms with E-state index < -0.39 is 0 Å². The van der Waals surface area contributed by atoms with Gasteiger partial charge in [0.1, 0.15) is 0 Å². The molecule has 0 heterocycles. The summed E-state index contributed by atoms with van der Waals surface area (Å²) in [4.78, 5) is 0. The molecule has 2 heteroatoms. The van der Waals surface area contributed by atoms with Crippen LogP contribution >= 0.6 is 11.8 Å². The fraction of sp³-hybridized carbons (Fsp3) is 0.250. The van der Waals surface area contributed by atoms with Crippen LogP contribution in [0.5, 0.6) is 0 Å². The molecule has 2 aromatic rings. The maximum atomic E-state index is 3.45. The minimum Gasteiger partial charge on any atom is -0.312 e. The second-order valence-corrected chi connectivity index (χ2v) is 5.22. The lowest BCUT2D eigenvalue weighted by Crippen LogP contribution is -2.22. The molecule has 0 amide bonds. The standard InChI is InChI=1S/C16H19NS/c1-17-15(13-9-5-3-6-10-13)16(18-2)14-11-7-4-8-12-14/h3-12,15-17H,1-2H3. The molecule has 0 aliphatic heterocycles. The highest BCUT2D eigenvalue weighted by Crippen LogP contribution is 2.38. The van der Waals surface area contributed by atoms with E-state index in [1.807, 2.05) is 18.8 Å². The van der Waals surface area contributed by atoms with E-state index in [0.717, 1.165) is 0 Å². The lowest BCUT2D eigenvalue weighted by molar-refractivity contribution is 0.582. The summed E-state index contributed by atoms with van der Waals surface area (Å²) in [6, 6.07) is 21.7.